The van der Waals surface area contributed by atoms with E-state index in [0.29, 0.717) is 12.4 Å². The number of carbonyl (C=O) groups excluding carboxylic acids is 2. The van der Waals surface area contributed by atoms with Crippen molar-refractivity contribution in [1.82, 2.24) is 5.32 Å². The van der Waals surface area contributed by atoms with Crippen molar-refractivity contribution in [3.8, 4) is 0 Å². The average molecular weight is 239 g/mol. The largest absolute Gasteiger partial charge is 0.447 e. The minimum atomic E-state index is -0.369. The summed E-state index contributed by atoms with van der Waals surface area (Å²) in [5.74, 6) is 0.455. The lowest BCUT2D eigenvalue weighted by molar-refractivity contribution is -0.134. The maximum Gasteiger partial charge on any atom is 0.407 e. The lowest BCUT2D eigenvalue weighted by atomic mass is 9.63. The van der Waals surface area contributed by atoms with E-state index in [4.69, 9.17) is 4.74 Å². The Morgan fingerprint density at radius 3 is 2.76 bits per heavy atom. The molecule has 4 heteroatoms. The highest BCUT2D eigenvalue weighted by molar-refractivity contribution is 5.87. The number of rotatable bonds is 5. The van der Waals surface area contributed by atoms with Gasteiger partial charge in [0, 0.05) is 11.8 Å². The molecule has 0 aromatic heterocycles. The summed E-state index contributed by atoms with van der Waals surface area (Å²) in [6, 6.07) is 0. The summed E-state index contributed by atoms with van der Waals surface area (Å²) in [7, 11) is 0. The maximum atomic E-state index is 12.4. The second kappa shape index (κ2) is 4.67. The van der Waals surface area contributed by atoms with Crippen LogP contribution in [0, 0.1) is 11.8 Å². The maximum absolute atomic E-state index is 12.4. The fourth-order valence-electron chi connectivity index (χ4n) is 3.02. The van der Waals surface area contributed by atoms with Gasteiger partial charge in [-0.2, -0.15) is 0 Å². The predicted octanol–water partition coefficient (Wildman–Crippen LogP) is 2.27. The van der Waals surface area contributed by atoms with Gasteiger partial charge in [-0.25, -0.2) is 4.79 Å². The van der Waals surface area contributed by atoms with E-state index in [9.17, 15) is 9.59 Å². The molecule has 0 aromatic carbocycles. The van der Waals surface area contributed by atoms with Crippen molar-refractivity contribution in [2.75, 3.05) is 6.61 Å². The van der Waals surface area contributed by atoms with Crippen LogP contribution in [0.2, 0.25) is 0 Å². The van der Waals surface area contributed by atoms with Gasteiger partial charge < -0.3 is 10.1 Å². The van der Waals surface area contributed by atoms with E-state index in [-0.39, 0.29) is 23.5 Å². The molecule has 1 amide bonds. The Kier molecular flexibility index (Phi) is 3.40. The molecule has 1 saturated carbocycles. The van der Waals surface area contributed by atoms with Gasteiger partial charge in [0.2, 0.25) is 0 Å². The smallest absolute Gasteiger partial charge is 0.407 e. The molecular weight excluding hydrogens is 218 g/mol. The monoisotopic (exact) mass is 239 g/mol. The van der Waals surface area contributed by atoms with E-state index >= 15 is 0 Å². The summed E-state index contributed by atoms with van der Waals surface area (Å²) in [5.41, 5.74) is -0.366. The predicted molar refractivity (Wildman–Crippen MR) is 63.6 cm³/mol. The van der Waals surface area contributed by atoms with Crippen LogP contribution in [-0.2, 0) is 9.53 Å². The molecule has 1 heterocycles. The van der Waals surface area contributed by atoms with Gasteiger partial charge in [-0.05, 0) is 25.7 Å². The number of alkyl carbamates (subject to hydrolysis) is 1. The Morgan fingerprint density at radius 1 is 1.59 bits per heavy atom. The molecule has 17 heavy (non-hydrogen) atoms. The Labute approximate surface area is 102 Å². The van der Waals surface area contributed by atoms with Gasteiger partial charge >= 0.3 is 6.09 Å². The first-order chi connectivity index (χ1) is 8.13. The number of hydrogen-bond acceptors (Lipinski definition) is 3. The van der Waals surface area contributed by atoms with Gasteiger partial charge in [-0.3, -0.25) is 4.79 Å². The van der Waals surface area contributed by atoms with Gasteiger partial charge in [-0.15, -0.1) is 0 Å². The summed E-state index contributed by atoms with van der Waals surface area (Å²) < 4.78 is 4.96. The molecule has 4 nitrogen and oxygen atoms in total. The summed E-state index contributed by atoms with van der Waals surface area (Å²) in [4.78, 5) is 23.5. The number of carbonyl (C=O) groups is 2. The number of Topliss-reactive ketones (excluding diaryl/α,β-unsaturated/α-hetero) is 1. The first-order valence-electron chi connectivity index (χ1n) is 6.61. The highest BCUT2D eigenvalue weighted by Crippen LogP contribution is 2.43. The molecule has 2 rings (SSSR count). The second-order valence-corrected chi connectivity index (χ2v) is 5.24. The van der Waals surface area contributed by atoms with Gasteiger partial charge in [0.25, 0.3) is 0 Å². The molecule has 3 atom stereocenters. The minimum absolute atomic E-state index is 0.0227. The molecule has 0 bridgehead atoms. The lowest BCUT2D eigenvalue weighted by Gasteiger charge is -2.45. The average Bonchev–Trinajstić information content (AvgIpc) is 2.69. The quantitative estimate of drug-likeness (QED) is 0.800. The zero-order valence-corrected chi connectivity index (χ0v) is 10.6. The normalized spacial score (nSPS) is 32.8. The number of ether oxygens (including phenoxy) is 1. The third-order valence-corrected chi connectivity index (χ3v) is 4.23. The topological polar surface area (TPSA) is 55.4 Å². The SMILES string of the molecule is CCCC(CC)C(=O)C1CCC12COC(=O)N2. The number of amides is 1. The van der Waals surface area contributed by atoms with Crippen LogP contribution < -0.4 is 5.32 Å². The highest BCUT2D eigenvalue weighted by atomic mass is 16.6. The van der Waals surface area contributed by atoms with Gasteiger partial charge in [0.05, 0.1) is 5.54 Å². The van der Waals surface area contributed by atoms with E-state index < -0.39 is 0 Å². The molecule has 2 fully saturated rings. The fraction of sp³-hybridized carbons (Fsp3) is 0.846. The molecule has 1 saturated heterocycles. The van der Waals surface area contributed by atoms with E-state index in [0.717, 1.165) is 32.1 Å². The molecule has 0 radical (unpaired) electrons. The zero-order chi connectivity index (χ0) is 12.5. The summed E-state index contributed by atoms with van der Waals surface area (Å²) in [6.07, 6.45) is 4.28. The van der Waals surface area contributed by atoms with E-state index in [2.05, 4.69) is 19.2 Å². The Bertz CT molecular complexity index is 329. The first-order valence-corrected chi connectivity index (χ1v) is 6.61. The van der Waals surface area contributed by atoms with Crippen molar-refractivity contribution in [2.24, 2.45) is 11.8 Å². The van der Waals surface area contributed by atoms with Crippen LogP contribution in [0.15, 0.2) is 0 Å². The van der Waals surface area contributed by atoms with Crippen molar-refractivity contribution >= 4 is 11.9 Å². The van der Waals surface area contributed by atoms with Crippen molar-refractivity contribution < 1.29 is 14.3 Å². The minimum Gasteiger partial charge on any atom is -0.447 e. The van der Waals surface area contributed by atoms with Crippen LogP contribution in [0.1, 0.15) is 46.0 Å². The molecule has 1 aliphatic carbocycles. The number of nitrogens with one attached hydrogen (secondary N) is 1. The van der Waals surface area contributed by atoms with Gasteiger partial charge in [0.15, 0.2) is 0 Å². The van der Waals surface area contributed by atoms with E-state index in [1.165, 1.54) is 0 Å². The van der Waals surface area contributed by atoms with E-state index in [1.807, 2.05) is 0 Å². The second-order valence-electron chi connectivity index (χ2n) is 5.24. The van der Waals surface area contributed by atoms with Crippen LogP contribution in [0.5, 0.6) is 0 Å². The zero-order valence-electron chi connectivity index (χ0n) is 10.6. The van der Waals surface area contributed by atoms with Crippen molar-refractivity contribution in [2.45, 2.75) is 51.5 Å². The molecule has 0 aromatic rings. The van der Waals surface area contributed by atoms with Gasteiger partial charge in [-0.1, -0.05) is 20.3 Å². The Hall–Kier alpha value is -1.06. The lowest BCUT2D eigenvalue weighted by Crippen LogP contribution is -2.60. The van der Waals surface area contributed by atoms with Crippen LogP contribution in [0.3, 0.4) is 0 Å². The number of hydrogen-bond donors (Lipinski definition) is 1. The number of cyclic esters (lactones) is 1. The standard InChI is InChI=1S/C13H21NO3/c1-3-5-9(4-2)11(15)10-6-7-13(10)8-17-12(16)14-13/h9-10H,3-8H2,1-2H3,(H,14,16). The molecule has 1 aliphatic heterocycles. The third kappa shape index (κ3) is 2.05. The van der Waals surface area contributed by atoms with Crippen molar-refractivity contribution in [1.29, 1.82) is 0 Å². The Balaban J connectivity index is 2.02. The van der Waals surface area contributed by atoms with Crippen LogP contribution in [0.4, 0.5) is 4.79 Å². The van der Waals surface area contributed by atoms with E-state index in [1.54, 1.807) is 0 Å². The summed E-state index contributed by atoms with van der Waals surface area (Å²) in [6.45, 7) is 4.53. The van der Waals surface area contributed by atoms with Crippen molar-refractivity contribution in [3.63, 3.8) is 0 Å². The summed E-state index contributed by atoms with van der Waals surface area (Å²) in [5, 5.41) is 2.84. The number of ketones is 1. The summed E-state index contributed by atoms with van der Waals surface area (Å²) >= 11 is 0. The fourth-order valence-corrected chi connectivity index (χ4v) is 3.02. The molecule has 3 unspecified atom stereocenters. The third-order valence-electron chi connectivity index (χ3n) is 4.23. The van der Waals surface area contributed by atoms with Crippen LogP contribution in [0.25, 0.3) is 0 Å². The van der Waals surface area contributed by atoms with Crippen LogP contribution in [-0.4, -0.2) is 24.0 Å². The molecule has 1 spiro atoms. The molecular formula is C13H21NO3. The van der Waals surface area contributed by atoms with Gasteiger partial charge in [0.1, 0.15) is 12.4 Å². The molecule has 96 valence electrons. The molecule has 2 aliphatic rings. The van der Waals surface area contributed by atoms with Crippen molar-refractivity contribution in [3.05, 3.63) is 0 Å². The molecule has 1 N–H and O–H groups in total. The van der Waals surface area contributed by atoms with Crippen LogP contribution >= 0.6 is 0 Å². The highest BCUT2D eigenvalue weighted by Gasteiger charge is 2.56. The Morgan fingerprint density at radius 2 is 2.35 bits per heavy atom. The first kappa shape index (κ1) is 12.4.